The van der Waals surface area contributed by atoms with Crippen LogP contribution < -0.4 is 4.90 Å². The fourth-order valence-electron chi connectivity index (χ4n) is 3.24. The van der Waals surface area contributed by atoms with Gasteiger partial charge in [-0.2, -0.15) is 0 Å². The number of benzene rings is 1. The normalized spacial score (nSPS) is 23.2. The van der Waals surface area contributed by atoms with Gasteiger partial charge in [0.1, 0.15) is 0 Å². The minimum absolute atomic E-state index is 0.694. The van der Waals surface area contributed by atoms with Gasteiger partial charge in [0.2, 0.25) is 0 Å². The number of halogens is 1. The van der Waals surface area contributed by atoms with Crippen LogP contribution in [0.1, 0.15) is 32.1 Å². The van der Waals surface area contributed by atoms with Crippen LogP contribution in [-0.4, -0.2) is 13.1 Å². The second kappa shape index (κ2) is 4.21. The molecule has 16 heavy (non-hydrogen) atoms. The van der Waals surface area contributed by atoms with E-state index in [0.717, 1.165) is 0 Å². The highest BCUT2D eigenvalue weighted by Gasteiger charge is 2.43. The third-order valence-electron chi connectivity index (χ3n) is 4.14. The van der Waals surface area contributed by atoms with E-state index in [-0.39, 0.29) is 0 Å². The van der Waals surface area contributed by atoms with Crippen molar-refractivity contribution in [3.8, 4) is 0 Å². The van der Waals surface area contributed by atoms with Gasteiger partial charge in [-0.05, 0) is 53.6 Å². The average molecular weight is 327 g/mol. The Morgan fingerprint density at radius 2 is 1.81 bits per heavy atom. The van der Waals surface area contributed by atoms with Gasteiger partial charge < -0.3 is 4.90 Å². The molecule has 2 fully saturated rings. The molecule has 1 aromatic rings. The van der Waals surface area contributed by atoms with E-state index in [2.05, 4.69) is 51.8 Å². The van der Waals surface area contributed by atoms with Gasteiger partial charge >= 0.3 is 0 Å². The van der Waals surface area contributed by atoms with E-state index in [4.69, 9.17) is 0 Å². The quantitative estimate of drug-likeness (QED) is 0.703. The molecule has 2 heteroatoms. The molecule has 86 valence electrons. The van der Waals surface area contributed by atoms with Gasteiger partial charge in [0, 0.05) is 27.8 Å². The third kappa shape index (κ3) is 1.96. The molecule has 1 aromatic carbocycles. The van der Waals surface area contributed by atoms with Gasteiger partial charge in [0.25, 0.3) is 0 Å². The van der Waals surface area contributed by atoms with Crippen LogP contribution in [0.4, 0.5) is 5.69 Å². The number of hydrogen-bond donors (Lipinski definition) is 0. The summed E-state index contributed by atoms with van der Waals surface area (Å²) < 4.78 is 1.35. The zero-order chi connectivity index (χ0) is 11.0. The fraction of sp³-hybridized carbons (Fsp3) is 0.571. The highest BCUT2D eigenvalue weighted by molar-refractivity contribution is 14.1. The van der Waals surface area contributed by atoms with Crippen molar-refractivity contribution in [2.45, 2.75) is 32.1 Å². The Labute approximate surface area is 111 Å². The van der Waals surface area contributed by atoms with Crippen LogP contribution in [0.2, 0.25) is 0 Å². The van der Waals surface area contributed by atoms with E-state index in [1.807, 2.05) is 0 Å². The summed E-state index contributed by atoms with van der Waals surface area (Å²) in [5.74, 6) is 0. The lowest BCUT2D eigenvalue weighted by Gasteiger charge is -2.53. The van der Waals surface area contributed by atoms with Crippen LogP contribution in [0, 0.1) is 8.99 Å². The zero-order valence-corrected chi connectivity index (χ0v) is 11.7. The van der Waals surface area contributed by atoms with Crippen molar-refractivity contribution < 1.29 is 0 Å². The number of anilines is 1. The Bertz CT molecular complexity index is 374. The lowest BCUT2D eigenvalue weighted by molar-refractivity contribution is 0.139. The molecular weight excluding hydrogens is 309 g/mol. The highest BCUT2D eigenvalue weighted by atomic mass is 127. The first-order chi connectivity index (χ1) is 7.77. The topological polar surface area (TPSA) is 3.24 Å². The number of rotatable bonds is 1. The van der Waals surface area contributed by atoms with Crippen molar-refractivity contribution in [2.24, 2.45) is 5.41 Å². The highest BCUT2D eigenvalue weighted by Crippen LogP contribution is 2.45. The summed E-state index contributed by atoms with van der Waals surface area (Å²) in [6.07, 6.45) is 7.31. The molecule has 0 amide bonds. The molecule has 1 nitrogen and oxygen atoms in total. The van der Waals surface area contributed by atoms with Crippen molar-refractivity contribution in [3.05, 3.63) is 27.8 Å². The van der Waals surface area contributed by atoms with Gasteiger partial charge in [0.05, 0.1) is 0 Å². The first-order valence-corrected chi connectivity index (χ1v) is 7.36. The van der Waals surface area contributed by atoms with Gasteiger partial charge in [0.15, 0.2) is 0 Å². The summed E-state index contributed by atoms with van der Waals surface area (Å²) in [6.45, 7) is 2.60. The molecule has 0 radical (unpaired) electrons. The summed E-state index contributed by atoms with van der Waals surface area (Å²) in [7, 11) is 0. The average Bonchev–Trinajstić information content (AvgIpc) is 2.27. The molecule has 1 saturated carbocycles. The van der Waals surface area contributed by atoms with E-state index in [9.17, 15) is 0 Å². The molecule has 0 bridgehead atoms. The van der Waals surface area contributed by atoms with Crippen LogP contribution in [-0.2, 0) is 0 Å². The summed E-state index contributed by atoms with van der Waals surface area (Å²) in [5, 5.41) is 0. The van der Waals surface area contributed by atoms with Crippen LogP contribution in [0.15, 0.2) is 24.3 Å². The molecule has 0 unspecified atom stereocenters. The van der Waals surface area contributed by atoms with Crippen molar-refractivity contribution in [2.75, 3.05) is 18.0 Å². The zero-order valence-electron chi connectivity index (χ0n) is 9.58. The molecule has 0 N–H and O–H groups in total. The standard InChI is InChI=1S/C14H18IN/c15-12-5-4-6-13(9-12)16-10-14(11-16)7-2-1-3-8-14/h4-6,9H,1-3,7-8,10-11H2. The van der Waals surface area contributed by atoms with Crippen LogP contribution in [0.5, 0.6) is 0 Å². The molecule has 1 aliphatic carbocycles. The van der Waals surface area contributed by atoms with Gasteiger partial charge in [-0.3, -0.25) is 0 Å². The summed E-state index contributed by atoms with van der Waals surface area (Å²) in [6, 6.07) is 8.89. The first kappa shape index (κ1) is 10.9. The molecule has 0 aromatic heterocycles. The summed E-state index contributed by atoms with van der Waals surface area (Å²) >= 11 is 2.40. The molecule has 0 atom stereocenters. The van der Waals surface area contributed by atoms with Crippen LogP contribution >= 0.6 is 22.6 Å². The minimum Gasteiger partial charge on any atom is -0.370 e. The van der Waals surface area contributed by atoms with E-state index >= 15 is 0 Å². The fourth-order valence-corrected chi connectivity index (χ4v) is 3.76. The Morgan fingerprint density at radius 3 is 2.50 bits per heavy atom. The second-order valence-corrected chi connectivity index (χ2v) is 6.64. The third-order valence-corrected chi connectivity index (χ3v) is 4.81. The van der Waals surface area contributed by atoms with Crippen molar-refractivity contribution in [1.29, 1.82) is 0 Å². The molecule has 2 aliphatic rings. The Kier molecular flexibility index (Phi) is 2.86. The van der Waals surface area contributed by atoms with Crippen molar-refractivity contribution >= 4 is 28.3 Å². The molecule has 3 rings (SSSR count). The van der Waals surface area contributed by atoms with Crippen LogP contribution in [0.3, 0.4) is 0 Å². The van der Waals surface area contributed by atoms with Gasteiger partial charge in [-0.1, -0.05) is 25.3 Å². The van der Waals surface area contributed by atoms with Gasteiger partial charge in [-0.15, -0.1) is 0 Å². The lowest BCUT2D eigenvalue weighted by Crippen LogP contribution is -2.57. The van der Waals surface area contributed by atoms with Crippen molar-refractivity contribution in [1.82, 2.24) is 0 Å². The maximum absolute atomic E-state index is 2.55. The molecule has 1 saturated heterocycles. The number of hydrogen-bond acceptors (Lipinski definition) is 1. The SMILES string of the molecule is Ic1cccc(N2CC3(CCCCC3)C2)c1. The van der Waals surface area contributed by atoms with Gasteiger partial charge in [-0.25, -0.2) is 0 Å². The number of nitrogens with zero attached hydrogens (tertiary/aromatic N) is 1. The van der Waals surface area contributed by atoms with E-state index in [0.29, 0.717) is 5.41 Å². The molecule has 1 spiro atoms. The predicted octanol–water partition coefficient (Wildman–Crippen LogP) is 4.06. The monoisotopic (exact) mass is 327 g/mol. The lowest BCUT2D eigenvalue weighted by atomic mass is 9.68. The largest absolute Gasteiger partial charge is 0.370 e. The second-order valence-electron chi connectivity index (χ2n) is 5.40. The smallest absolute Gasteiger partial charge is 0.0377 e. The van der Waals surface area contributed by atoms with E-state index in [1.165, 1.54) is 54.5 Å². The molecule has 1 heterocycles. The Hall–Kier alpha value is -0.250. The van der Waals surface area contributed by atoms with Crippen molar-refractivity contribution in [3.63, 3.8) is 0 Å². The summed E-state index contributed by atoms with van der Waals surface area (Å²) in [5.41, 5.74) is 2.11. The maximum atomic E-state index is 2.55. The van der Waals surface area contributed by atoms with E-state index in [1.54, 1.807) is 0 Å². The van der Waals surface area contributed by atoms with Crippen LogP contribution in [0.25, 0.3) is 0 Å². The predicted molar refractivity (Wildman–Crippen MR) is 76.9 cm³/mol. The maximum Gasteiger partial charge on any atom is 0.0377 e. The Balaban J connectivity index is 1.68. The molecular formula is C14H18IN. The minimum atomic E-state index is 0.694. The van der Waals surface area contributed by atoms with E-state index < -0.39 is 0 Å². The first-order valence-electron chi connectivity index (χ1n) is 6.28. The Morgan fingerprint density at radius 1 is 1.06 bits per heavy atom. The molecule has 1 aliphatic heterocycles. The summed E-state index contributed by atoms with van der Waals surface area (Å²) in [4.78, 5) is 2.55.